The standard InChI is InChI=1S/C10H21NO/c1-8(2)10(12)6-4-9(11-3)5-7-10/h8-9,11-12H,4-7H2,1-3H3. The molecule has 0 radical (unpaired) electrons. The van der Waals surface area contributed by atoms with Crippen LogP contribution in [0.15, 0.2) is 0 Å². The van der Waals surface area contributed by atoms with Crippen LogP contribution in [0.1, 0.15) is 39.5 Å². The summed E-state index contributed by atoms with van der Waals surface area (Å²) in [5, 5.41) is 13.4. The van der Waals surface area contributed by atoms with Crippen LogP contribution in [0.3, 0.4) is 0 Å². The van der Waals surface area contributed by atoms with E-state index in [1.54, 1.807) is 0 Å². The molecular formula is C10H21NO. The van der Waals surface area contributed by atoms with Gasteiger partial charge in [0.05, 0.1) is 5.60 Å². The van der Waals surface area contributed by atoms with Gasteiger partial charge in [-0.15, -0.1) is 0 Å². The topological polar surface area (TPSA) is 32.3 Å². The molecule has 1 fully saturated rings. The van der Waals surface area contributed by atoms with E-state index in [0.29, 0.717) is 12.0 Å². The molecule has 0 saturated heterocycles. The van der Waals surface area contributed by atoms with Gasteiger partial charge < -0.3 is 10.4 Å². The van der Waals surface area contributed by atoms with Crippen LogP contribution < -0.4 is 5.32 Å². The molecule has 0 spiro atoms. The van der Waals surface area contributed by atoms with Gasteiger partial charge in [-0.05, 0) is 38.6 Å². The molecule has 1 aliphatic carbocycles. The molecule has 1 aliphatic rings. The van der Waals surface area contributed by atoms with Crippen molar-refractivity contribution in [2.45, 2.75) is 51.2 Å². The Morgan fingerprint density at radius 2 is 1.83 bits per heavy atom. The summed E-state index contributed by atoms with van der Waals surface area (Å²) in [7, 11) is 2.00. The quantitative estimate of drug-likeness (QED) is 0.660. The van der Waals surface area contributed by atoms with Gasteiger partial charge in [-0.1, -0.05) is 13.8 Å². The zero-order chi connectivity index (χ0) is 9.19. The summed E-state index contributed by atoms with van der Waals surface area (Å²) >= 11 is 0. The lowest BCUT2D eigenvalue weighted by atomic mass is 9.75. The smallest absolute Gasteiger partial charge is 0.0671 e. The second-order valence-corrected chi connectivity index (χ2v) is 4.32. The van der Waals surface area contributed by atoms with Crippen LogP contribution in [-0.2, 0) is 0 Å². The third-order valence-electron chi connectivity index (χ3n) is 3.33. The average molecular weight is 171 g/mol. The number of aliphatic hydroxyl groups is 1. The first-order chi connectivity index (χ1) is 5.58. The maximum absolute atomic E-state index is 10.1. The molecule has 0 aromatic heterocycles. The minimum atomic E-state index is -0.382. The zero-order valence-corrected chi connectivity index (χ0v) is 8.43. The molecule has 2 nitrogen and oxygen atoms in total. The van der Waals surface area contributed by atoms with Crippen molar-refractivity contribution in [3.05, 3.63) is 0 Å². The van der Waals surface area contributed by atoms with Gasteiger partial charge in [0.15, 0.2) is 0 Å². The van der Waals surface area contributed by atoms with Gasteiger partial charge >= 0.3 is 0 Å². The molecule has 0 unspecified atom stereocenters. The van der Waals surface area contributed by atoms with E-state index in [2.05, 4.69) is 19.2 Å². The van der Waals surface area contributed by atoms with Crippen molar-refractivity contribution in [1.29, 1.82) is 0 Å². The lowest BCUT2D eigenvalue weighted by Crippen LogP contribution is -2.43. The molecule has 0 aromatic carbocycles. The molecule has 0 aliphatic heterocycles. The van der Waals surface area contributed by atoms with Crippen LogP contribution in [0.2, 0.25) is 0 Å². The Kier molecular flexibility index (Phi) is 3.13. The Balaban J connectivity index is 2.44. The van der Waals surface area contributed by atoms with E-state index >= 15 is 0 Å². The van der Waals surface area contributed by atoms with Crippen LogP contribution >= 0.6 is 0 Å². The predicted molar refractivity (Wildman–Crippen MR) is 51.1 cm³/mol. The predicted octanol–water partition coefficient (Wildman–Crippen LogP) is 1.54. The van der Waals surface area contributed by atoms with E-state index in [-0.39, 0.29) is 5.60 Å². The highest BCUT2D eigenvalue weighted by atomic mass is 16.3. The molecule has 1 saturated carbocycles. The van der Waals surface area contributed by atoms with Crippen LogP contribution in [0.25, 0.3) is 0 Å². The summed E-state index contributed by atoms with van der Waals surface area (Å²) in [5.74, 6) is 0.398. The Labute approximate surface area is 75.4 Å². The van der Waals surface area contributed by atoms with Crippen LogP contribution in [-0.4, -0.2) is 23.8 Å². The summed E-state index contributed by atoms with van der Waals surface area (Å²) in [6.45, 7) is 4.22. The molecule has 0 atom stereocenters. The van der Waals surface area contributed by atoms with Gasteiger partial charge in [0.25, 0.3) is 0 Å². The second-order valence-electron chi connectivity index (χ2n) is 4.32. The molecule has 0 amide bonds. The van der Waals surface area contributed by atoms with Crippen LogP contribution in [0.4, 0.5) is 0 Å². The summed E-state index contributed by atoms with van der Waals surface area (Å²) in [5.41, 5.74) is -0.382. The van der Waals surface area contributed by atoms with E-state index in [1.807, 2.05) is 7.05 Å². The lowest BCUT2D eigenvalue weighted by molar-refractivity contribution is -0.0423. The molecule has 2 heteroatoms. The molecule has 2 N–H and O–H groups in total. The first kappa shape index (κ1) is 10.0. The van der Waals surface area contributed by atoms with E-state index < -0.39 is 0 Å². The van der Waals surface area contributed by atoms with E-state index in [1.165, 1.54) is 0 Å². The SMILES string of the molecule is CNC1CCC(O)(C(C)C)CC1. The average Bonchev–Trinajstić information content (AvgIpc) is 2.06. The first-order valence-electron chi connectivity index (χ1n) is 4.98. The van der Waals surface area contributed by atoms with Crippen LogP contribution in [0.5, 0.6) is 0 Å². The summed E-state index contributed by atoms with van der Waals surface area (Å²) in [6, 6.07) is 0.629. The Hall–Kier alpha value is -0.0800. The summed E-state index contributed by atoms with van der Waals surface area (Å²) < 4.78 is 0. The van der Waals surface area contributed by atoms with Crippen molar-refractivity contribution in [2.75, 3.05) is 7.05 Å². The van der Waals surface area contributed by atoms with Crippen molar-refractivity contribution in [3.8, 4) is 0 Å². The summed E-state index contributed by atoms with van der Waals surface area (Å²) in [6.07, 6.45) is 4.14. The second kappa shape index (κ2) is 3.75. The van der Waals surface area contributed by atoms with Gasteiger partial charge in [0.1, 0.15) is 0 Å². The van der Waals surface area contributed by atoms with Crippen molar-refractivity contribution in [3.63, 3.8) is 0 Å². The molecule has 0 aromatic rings. The monoisotopic (exact) mass is 171 g/mol. The zero-order valence-electron chi connectivity index (χ0n) is 8.43. The van der Waals surface area contributed by atoms with Crippen molar-refractivity contribution in [2.24, 2.45) is 5.92 Å². The molecule has 12 heavy (non-hydrogen) atoms. The van der Waals surface area contributed by atoms with E-state index in [9.17, 15) is 5.11 Å². The van der Waals surface area contributed by atoms with Crippen molar-refractivity contribution in [1.82, 2.24) is 5.32 Å². The fourth-order valence-corrected chi connectivity index (χ4v) is 1.98. The van der Waals surface area contributed by atoms with Gasteiger partial charge in [-0.2, -0.15) is 0 Å². The van der Waals surface area contributed by atoms with Gasteiger partial charge in [-0.25, -0.2) is 0 Å². The summed E-state index contributed by atoms with van der Waals surface area (Å²) in [4.78, 5) is 0. The molecule has 1 rings (SSSR count). The third kappa shape index (κ3) is 1.99. The number of rotatable bonds is 2. The maximum Gasteiger partial charge on any atom is 0.0671 e. The van der Waals surface area contributed by atoms with Gasteiger partial charge in [0.2, 0.25) is 0 Å². The molecule has 0 heterocycles. The largest absolute Gasteiger partial charge is 0.390 e. The van der Waals surface area contributed by atoms with E-state index in [0.717, 1.165) is 25.7 Å². The maximum atomic E-state index is 10.1. The highest BCUT2D eigenvalue weighted by Crippen LogP contribution is 2.33. The fraction of sp³-hybridized carbons (Fsp3) is 1.00. The normalized spacial score (nSPS) is 37.2. The fourth-order valence-electron chi connectivity index (χ4n) is 1.98. The minimum absolute atomic E-state index is 0.382. The Morgan fingerprint density at radius 3 is 2.17 bits per heavy atom. The Morgan fingerprint density at radius 1 is 1.33 bits per heavy atom. The first-order valence-corrected chi connectivity index (χ1v) is 4.98. The molecular weight excluding hydrogens is 150 g/mol. The minimum Gasteiger partial charge on any atom is -0.390 e. The highest BCUT2D eigenvalue weighted by Gasteiger charge is 2.35. The Bertz CT molecular complexity index is 137. The number of nitrogens with one attached hydrogen (secondary N) is 1. The third-order valence-corrected chi connectivity index (χ3v) is 3.33. The van der Waals surface area contributed by atoms with Gasteiger partial charge in [0, 0.05) is 6.04 Å². The van der Waals surface area contributed by atoms with Crippen LogP contribution in [0, 0.1) is 5.92 Å². The molecule has 72 valence electrons. The lowest BCUT2D eigenvalue weighted by Gasteiger charge is -2.38. The highest BCUT2D eigenvalue weighted by molar-refractivity contribution is 4.89. The molecule has 0 bridgehead atoms. The van der Waals surface area contributed by atoms with Crippen molar-refractivity contribution < 1.29 is 5.11 Å². The number of hydrogen-bond donors (Lipinski definition) is 2. The number of hydrogen-bond acceptors (Lipinski definition) is 2. The van der Waals surface area contributed by atoms with Gasteiger partial charge in [-0.3, -0.25) is 0 Å². The van der Waals surface area contributed by atoms with Crippen molar-refractivity contribution >= 4 is 0 Å². The van der Waals surface area contributed by atoms with E-state index in [4.69, 9.17) is 0 Å².